The first kappa shape index (κ1) is 12.4. The zero-order valence-corrected chi connectivity index (χ0v) is 10.6. The summed E-state index contributed by atoms with van der Waals surface area (Å²) in [5.74, 6) is 0. The lowest BCUT2D eigenvalue weighted by Gasteiger charge is -2.05. The van der Waals surface area contributed by atoms with Crippen molar-refractivity contribution in [2.75, 3.05) is 7.05 Å². The molecule has 12 heavy (non-hydrogen) atoms. The van der Waals surface area contributed by atoms with Crippen molar-refractivity contribution in [3.63, 3.8) is 0 Å². The SMILES string of the molecule is CNCc1c(Br)cccc1Br.Cl. The normalized spacial score (nSPS) is 9.25. The first-order chi connectivity index (χ1) is 5.25. The molecule has 0 bridgehead atoms. The van der Waals surface area contributed by atoms with Crippen molar-refractivity contribution in [3.05, 3.63) is 32.7 Å². The van der Waals surface area contributed by atoms with Gasteiger partial charge in [-0.2, -0.15) is 0 Å². The molecule has 1 N–H and O–H groups in total. The van der Waals surface area contributed by atoms with E-state index >= 15 is 0 Å². The van der Waals surface area contributed by atoms with Crippen LogP contribution in [-0.4, -0.2) is 7.05 Å². The summed E-state index contributed by atoms with van der Waals surface area (Å²) in [4.78, 5) is 0. The Hall–Kier alpha value is 0.430. The highest BCUT2D eigenvalue weighted by molar-refractivity contribution is 9.11. The van der Waals surface area contributed by atoms with Gasteiger partial charge in [0.25, 0.3) is 0 Å². The molecule has 0 saturated heterocycles. The van der Waals surface area contributed by atoms with Crippen LogP contribution >= 0.6 is 44.3 Å². The topological polar surface area (TPSA) is 12.0 Å². The largest absolute Gasteiger partial charge is 0.316 e. The molecule has 68 valence electrons. The summed E-state index contributed by atoms with van der Waals surface area (Å²) in [7, 11) is 1.94. The maximum atomic E-state index is 3.48. The molecule has 0 aliphatic rings. The van der Waals surface area contributed by atoms with Crippen LogP contribution in [0.5, 0.6) is 0 Å². The van der Waals surface area contributed by atoms with Gasteiger partial charge >= 0.3 is 0 Å². The van der Waals surface area contributed by atoms with Crippen LogP contribution in [0, 0.1) is 0 Å². The minimum absolute atomic E-state index is 0. The molecular weight excluding hydrogens is 305 g/mol. The molecule has 0 atom stereocenters. The molecule has 0 aliphatic heterocycles. The van der Waals surface area contributed by atoms with Gasteiger partial charge in [-0.05, 0) is 24.7 Å². The van der Waals surface area contributed by atoms with Gasteiger partial charge in [0.05, 0.1) is 0 Å². The van der Waals surface area contributed by atoms with Gasteiger partial charge in [-0.1, -0.05) is 37.9 Å². The third kappa shape index (κ3) is 3.05. The van der Waals surface area contributed by atoms with Gasteiger partial charge in [0.1, 0.15) is 0 Å². The maximum Gasteiger partial charge on any atom is 0.0231 e. The van der Waals surface area contributed by atoms with E-state index in [-0.39, 0.29) is 12.4 Å². The van der Waals surface area contributed by atoms with Crippen LogP contribution in [-0.2, 0) is 6.54 Å². The van der Waals surface area contributed by atoms with Crippen LogP contribution < -0.4 is 5.32 Å². The van der Waals surface area contributed by atoms with Crippen LogP contribution in [0.25, 0.3) is 0 Å². The second kappa shape index (κ2) is 5.97. The monoisotopic (exact) mass is 313 g/mol. The highest BCUT2D eigenvalue weighted by Crippen LogP contribution is 2.24. The van der Waals surface area contributed by atoms with Crippen molar-refractivity contribution in [1.82, 2.24) is 5.32 Å². The van der Waals surface area contributed by atoms with E-state index < -0.39 is 0 Å². The van der Waals surface area contributed by atoms with Gasteiger partial charge in [-0.15, -0.1) is 12.4 Å². The summed E-state index contributed by atoms with van der Waals surface area (Å²) in [5, 5.41) is 3.11. The Kier molecular flexibility index (Phi) is 6.19. The van der Waals surface area contributed by atoms with Crippen molar-refractivity contribution in [3.8, 4) is 0 Å². The molecular formula is C8H10Br2ClN. The van der Waals surface area contributed by atoms with Crippen molar-refractivity contribution in [2.24, 2.45) is 0 Å². The predicted octanol–water partition coefficient (Wildman–Crippen LogP) is 3.35. The van der Waals surface area contributed by atoms with E-state index in [1.165, 1.54) is 5.56 Å². The van der Waals surface area contributed by atoms with Crippen molar-refractivity contribution >= 4 is 44.3 Å². The summed E-state index contributed by atoms with van der Waals surface area (Å²) in [5.41, 5.74) is 1.26. The second-order valence-electron chi connectivity index (χ2n) is 2.23. The molecule has 0 aliphatic carbocycles. The lowest BCUT2D eigenvalue weighted by molar-refractivity contribution is 0.811. The van der Waals surface area contributed by atoms with E-state index in [9.17, 15) is 0 Å². The molecule has 0 aromatic heterocycles. The lowest BCUT2D eigenvalue weighted by atomic mass is 10.2. The Morgan fingerprint density at radius 3 is 2.17 bits per heavy atom. The van der Waals surface area contributed by atoms with Gasteiger partial charge in [0.2, 0.25) is 0 Å². The third-order valence-electron chi connectivity index (χ3n) is 1.42. The Balaban J connectivity index is 0.00000121. The third-order valence-corrected chi connectivity index (χ3v) is 2.90. The van der Waals surface area contributed by atoms with Crippen molar-refractivity contribution in [2.45, 2.75) is 6.54 Å². The van der Waals surface area contributed by atoms with E-state index in [1.807, 2.05) is 25.2 Å². The minimum Gasteiger partial charge on any atom is -0.316 e. The highest BCUT2D eigenvalue weighted by atomic mass is 79.9. The van der Waals surface area contributed by atoms with E-state index in [0.717, 1.165) is 15.5 Å². The summed E-state index contributed by atoms with van der Waals surface area (Å²) < 4.78 is 2.28. The smallest absolute Gasteiger partial charge is 0.0231 e. The van der Waals surface area contributed by atoms with Crippen LogP contribution in [0.3, 0.4) is 0 Å². The number of hydrogen-bond acceptors (Lipinski definition) is 1. The molecule has 1 aromatic rings. The Labute approximate surface area is 95.6 Å². The van der Waals surface area contributed by atoms with Gasteiger partial charge in [-0.3, -0.25) is 0 Å². The van der Waals surface area contributed by atoms with E-state index in [0.29, 0.717) is 0 Å². The molecule has 0 radical (unpaired) electrons. The Bertz CT molecular complexity index is 233. The van der Waals surface area contributed by atoms with Gasteiger partial charge in [-0.25, -0.2) is 0 Å². The van der Waals surface area contributed by atoms with Gasteiger partial charge in [0.15, 0.2) is 0 Å². The molecule has 0 spiro atoms. The molecule has 1 rings (SSSR count). The fraction of sp³-hybridized carbons (Fsp3) is 0.250. The molecule has 1 nitrogen and oxygen atoms in total. The van der Waals surface area contributed by atoms with E-state index in [2.05, 4.69) is 37.2 Å². The maximum absolute atomic E-state index is 3.48. The Morgan fingerprint density at radius 1 is 1.25 bits per heavy atom. The quantitative estimate of drug-likeness (QED) is 0.882. The van der Waals surface area contributed by atoms with Crippen molar-refractivity contribution < 1.29 is 0 Å². The first-order valence-electron chi connectivity index (χ1n) is 3.33. The predicted molar refractivity (Wildman–Crippen MR) is 61.9 cm³/mol. The van der Waals surface area contributed by atoms with Crippen molar-refractivity contribution in [1.29, 1.82) is 0 Å². The molecule has 0 unspecified atom stereocenters. The van der Waals surface area contributed by atoms with Gasteiger partial charge in [0, 0.05) is 15.5 Å². The summed E-state index contributed by atoms with van der Waals surface area (Å²) in [6, 6.07) is 6.09. The molecule has 0 saturated carbocycles. The summed E-state index contributed by atoms with van der Waals surface area (Å²) >= 11 is 6.96. The minimum atomic E-state index is 0. The van der Waals surface area contributed by atoms with Crippen LogP contribution in [0.1, 0.15) is 5.56 Å². The first-order valence-corrected chi connectivity index (χ1v) is 4.92. The zero-order valence-electron chi connectivity index (χ0n) is 6.60. The van der Waals surface area contributed by atoms with E-state index in [4.69, 9.17) is 0 Å². The number of nitrogens with one attached hydrogen (secondary N) is 1. The molecule has 1 aromatic carbocycles. The summed E-state index contributed by atoms with van der Waals surface area (Å²) in [6.45, 7) is 0.877. The highest BCUT2D eigenvalue weighted by Gasteiger charge is 2.01. The Morgan fingerprint density at radius 2 is 1.75 bits per heavy atom. The lowest BCUT2D eigenvalue weighted by Crippen LogP contribution is -2.06. The van der Waals surface area contributed by atoms with Crippen LogP contribution in [0.4, 0.5) is 0 Å². The van der Waals surface area contributed by atoms with Crippen LogP contribution in [0.2, 0.25) is 0 Å². The molecule has 0 amide bonds. The number of halogens is 3. The van der Waals surface area contributed by atoms with E-state index in [1.54, 1.807) is 0 Å². The fourth-order valence-electron chi connectivity index (χ4n) is 0.878. The number of benzene rings is 1. The number of hydrogen-bond donors (Lipinski definition) is 1. The van der Waals surface area contributed by atoms with Gasteiger partial charge < -0.3 is 5.32 Å². The standard InChI is InChI=1S/C8H9Br2N.ClH/c1-11-5-6-7(9)3-2-4-8(6)10;/h2-4,11H,5H2,1H3;1H. The molecule has 4 heteroatoms. The average Bonchev–Trinajstić information content (AvgIpc) is 1.97. The molecule has 0 fully saturated rings. The molecule has 0 heterocycles. The zero-order chi connectivity index (χ0) is 8.27. The van der Waals surface area contributed by atoms with Crippen LogP contribution in [0.15, 0.2) is 27.1 Å². The fourth-order valence-corrected chi connectivity index (χ4v) is 2.16. The number of rotatable bonds is 2. The second-order valence-corrected chi connectivity index (χ2v) is 3.94. The average molecular weight is 315 g/mol. The summed E-state index contributed by atoms with van der Waals surface area (Å²) in [6.07, 6.45) is 0.